The summed E-state index contributed by atoms with van der Waals surface area (Å²) in [6.07, 6.45) is 3.12. The van der Waals surface area contributed by atoms with Crippen LogP contribution in [-0.2, 0) is 17.9 Å². The van der Waals surface area contributed by atoms with Crippen molar-refractivity contribution in [2.24, 2.45) is 5.92 Å². The lowest BCUT2D eigenvalue weighted by Crippen LogP contribution is -2.28. The summed E-state index contributed by atoms with van der Waals surface area (Å²) in [6.45, 7) is 5.06. The number of benzene rings is 2. The van der Waals surface area contributed by atoms with Gasteiger partial charge in [0.25, 0.3) is 0 Å². The van der Waals surface area contributed by atoms with E-state index in [1.807, 2.05) is 31.2 Å². The molecule has 0 aliphatic carbocycles. The van der Waals surface area contributed by atoms with E-state index in [4.69, 9.17) is 4.74 Å². The van der Waals surface area contributed by atoms with Crippen LogP contribution in [0.25, 0.3) is 0 Å². The number of carbonyl (C=O) groups is 1. The van der Waals surface area contributed by atoms with E-state index in [1.54, 1.807) is 12.1 Å². The van der Waals surface area contributed by atoms with Crippen molar-refractivity contribution in [1.82, 2.24) is 5.32 Å². The van der Waals surface area contributed by atoms with E-state index in [0.717, 1.165) is 30.4 Å². The standard InChI is InChI=1S/C21H26FNO2/c1-3-4-5-16(2)21(24)23-14-17-6-8-18(9-7-17)15-25-20-12-10-19(22)11-13-20/h6-13,16H,3-5,14-15H2,1-2H3,(H,23,24). The van der Waals surface area contributed by atoms with Crippen LogP contribution in [0.15, 0.2) is 48.5 Å². The molecule has 2 aromatic rings. The highest BCUT2D eigenvalue weighted by Gasteiger charge is 2.11. The molecule has 1 unspecified atom stereocenters. The van der Waals surface area contributed by atoms with Gasteiger partial charge in [-0.1, -0.05) is 51.0 Å². The molecule has 0 saturated carbocycles. The first kappa shape index (κ1) is 19.0. The van der Waals surface area contributed by atoms with Crippen molar-refractivity contribution in [2.45, 2.75) is 46.3 Å². The number of nitrogens with one attached hydrogen (secondary N) is 1. The lowest BCUT2D eigenvalue weighted by molar-refractivity contribution is -0.124. The predicted molar refractivity (Wildman–Crippen MR) is 97.7 cm³/mol. The van der Waals surface area contributed by atoms with Crippen LogP contribution in [0.5, 0.6) is 5.75 Å². The van der Waals surface area contributed by atoms with Crippen molar-refractivity contribution in [3.05, 3.63) is 65.5 Å². The molecular weight excluding hydrogens is 317 g/mol. The maximum Gasteiger partial charge on any atom is 0.223 e. The summed E-state index contributed by atoms with van der Waals surface area (Å²) in [5.74, 6) is 0.530. The van der Waals surface area contributed by atoms with Crippen LogP contribution in [0, 0.1) is 11.7 Å². The fourth-order valence-electron chi connectivity index (χ4n) is 2.46. The van der Waals surface area contributed by atoms with Crippen molar-refractivity contribution in [3.63, 3.8) is 0 Å². The van der Waals surface area contributed by atoms with E-state index >= 15 is 0 Å². The van der Waals surface area contributed by atoms with E-state index in [0.29, 0.717) is 18.9 Å². The Morgan fingerprint density at radius 2 is 1.72 bits per heavy atom. The van der Waals surface area contributed by atoms with Crippen LogP contribution in [0.1, 0.15) is 44.2 Å². The number of carbonyl (C=O) groups excluding carboxylic acids is 1. The summed E-state index contributed by atoms with van der Waals surface area (Å²) in [4.78, 5) is 12.0. The molecule has 134 valence electrons. The Kier molecular flexibility index (Phi) is 7.45. The van der Waals surface area contributed by atoms with Crippen molar-refractivity contribution >= 4 is 5.91 Å². The molecule has 0 heterocycles. The zero-order valence-corrected chi connectivity index (χ0v) is 14.9. The first-order chi connectivity index (χ1) is 12.1. The molecule has 0 aliphatic heterocycles. The summed E-state index contributed by atoms with van der Waals surface area (Å²) >= 11 is 0. The Morgan fingerprint density at radius 3 is 2.36 bits per heavy atom. The van der Waals surface area contributed by atoms with Gasteiger partial charge in [-0.3, -0.25) is 4.79 Å². The molecule has 0 fully saturated rings. The summed E-state index contributed by atoms with van der Waals surface area (Å²) in [5.41, 5.74) is 2.08. The zero-order chi connectivity index (χ0) is 18.1. The number of halogens is 1. The van der Waals surface area contributed by atoms with Crippen LogP contribution < -0.4 is 10.1 Å². The van der Waals surface area contributed by atoms with Crippen LogP contribution in [0.3, 0.4) is 0 Å². The number of rotatable bonds is 9. The second-order valence-corrected chi connectivity index (χ2v) is 6.32. The number of unbranched alkanes of at least 4 members (excludes halogenated alkanes) is 1. The second kappa shape index (κ2) is 9.82. The lowest BCUT2D eigenvalue weighted by atomic mass is 10.0. The van der Waals surface area contributed by atoms with Gasteiger partial charge in [0.1, 0.15) is 18.2 Å². The number of ether oxygens (including phenoxy) is 1. The van der Waals surface area contributed by atoms with Gasteiger partial charge in [-0.25, -0.2) is 4.39 Å². The zero-order valence-electron chi connectivity index (χ0n) is 14.9. The summed E-state index contributed by atoms with van der Waals surface area (Å²) in [5, 5.41) is 2.98. The maximum atomic E-state index is 12.8. The molecule has 0 aromatic heterocycles. The number of hydrogen-bond acceptors (Lipinski definition) is 2. The molecule has 4 heteroatoms. The summed E-state index contributed by atoms with van der Waals surface area (Å²) in [6, 6.07) is 13.9. The minimum atomic E-state index is -0.275. The Hall–Kier alpha value is -2.36. The molecule has 0 radical (unpaired) electrons. The van der Waals surface area contributed by atoms with Crippen molar-refractivity contribution in [1.29, 1.82) is 0 Å². The highest BCUT2D eigenvalue weighted by atomic mass is 19.1. The minimum absolute atomic E-state index is 0.0586. The van der Waals surface area contributed by atoms with Gasteiger partial charge in [0.05, 0.1) is 0 Å². The summed E-state index contributed by atoms with van der Waals surface area (Å²) < 4.78 is 18.5. The Morgan fingerprint density at radius 1 is 1.08 bits per heavy atom. The molecule has 0 aliphatic rings. The van der Waals surface area contributed by atoms with Gasteiger partial charge in [0.2, 0.25) is 5.91 Å². The van der Waals surface area contributed by atoms with E-state index in [9.17, 15) is 9.18 Å². The third kappa shape index (κ3) is 6.57. The molecule has 1 amide bonds. The average molecular weight is 343 g/mol. The quantitative estimate of drug-likeness (QED) is 0.707. The van der Waals surface area contributed by atoms with Gasteiger partial charge in [0, 0.05) is 12.5 Å². The van der Waals surface area contributed by atoms with Crippen molar-refractivity contribution < 1.29 is 13.9 Å². The molecule has 0 bridgehead atoms. The maximum absolute atomic E-state index is 12.8. The van der Waals surface area contributed by atoms with Crippen LogP contribution in [0.2, 0.25) is 0 Å². The second-order valence-electron chi connectivity index (χ2n) is 6.32. The predicted octanol–water partition coefficient (Wildman–Crippen LogP) is 4.85. The molecule has 25 heavy (non-hydrogen) atoms. The number of hydrogen-bond donors (Lipinski definition) is 1. The third-order valence-electron chi connectivity index (χ3n) is 4.15. The molecular formula is C21H26FNO2. The first-order valence-electron chi connectivity index (χ1n) is 8.82. The normalized spacial score (nSPS) is 11.8. The smallest absolute Gasteiger partial charge is 0.223 e. The van der Waals surface area contributed by atoms with Gasteiger partial charge < -0.3 is 10.1 Å². The van der Waals surface area contributed by atoms with Crippen LogP contribution in [0.4, 0.5) is 4.39 Å². The largest absolute Gasteiger partial charge is 0.489 e. The Balaban J connectivity index is 1.77. The summed E-state index contributed by atoms with van der Waals surface area (Å²) in [7, 11) is 0. The average Bonchev–Trinajstić information content (AvgIpc) is 2.64. The monoisotopic (exact) mass is 343 g/mol. The van der Waals surface area contributed by atoms with Crippen molar-refractivity contribution in [2.75, 3.05) is 0 Å². The lowest BCUT2D eigenvalue weighted by Gasteiger charge is -2.12. The van der Waals surface area contributed by atoms with Gasteiger partial charge in [-0.2, -0.15) is 0 Å². The van der Waals surface area contributed by atoms with E-state index in [-0.39, 0.29) is 17.6 Å². The number of amides is 1. The molecule has 2 rings (SSSR count). The van der Waals surface area contributed by atoms with Crippen LogP contribution >= 0.6 is 0 Å². The molecule has 1 N–H and O–H groups in total. The Bertz CT molecular complexity index is 653. The molecule has 0 spiro atoms. The first-order valence-corrected chi connectivity index (χ1v) is 8.82. The SMILES string of the molecule is CCCCC(C)C(=O)NCc1ccc(COc2ccc(F)cc2)cc1. The van der Waals surface area contributed by atoms with E-state index in [2.05, 4.69) is 12.2 Å². The highest BCUT2D eigenvalue weighted by Crippen LogP contribution is 2.14. The fourth-order valence-corrected chi connectivity index (χ4v) is 2.46. The minimum Gasteiger partial charge on any atom is -0.489 e. The van der Waals surface area contributed by atoms with Crippen LogP contribution in [-0.4, -0.2) is 5.91 Å². The topological polar surface area (TPSA) is 38.3 Å². The molecule has 1 atom stereocenters. The molecule has 0 saturated heterocycles. The fraction of sp³-hybridized carbons (Fsp3) is 0.381. The van der Waals surface area contributed by atoms with E-state index in [1.165, 1.54) is 12.1 Å². The van der Waals surface area contributed by atoms with Gasteiger partial charge in [-0.05, 0) is 41.8 Å². The molecule has 3 nitrogen and oxygen atoms in total. The van der Waals surface area contributed by atoms with Gasteiger partial charge in [0.15, 0.2) is 0 Å². The Labute approximate surface area is 149 Å². The highest BCUT2D eigenvalue weighted by molar-refractivity contribution is 5.78. The third-order valence-corrected chi connectivity index (χ3v) is 4.15. The van der Waals surface area contributed by atoms with Gasteiger partial charge in [-0.15, -0.1) is 0 Å². The molecule has 2 aromatic carbocycles. The van der Waals surface area contributed by atoms with E-state index < -0.39 is 0 Å². The van der Waals surface area contributed by atoms with Gasteiger partial charge >= 0.3 is 0 Å². The van der Waals surface area contributed by atoms with Crippen molar-refractivity contribution in [3.8, 4) is 5.75 Å².